The first kappa shape index (κ1) is 21.9. The van der Waals surface area contributed by atoms with Gasteiger partial charge in [-0.05, 0) is 41.5 Å². The second-order valence-electron chi connectivity index (χ2n) is 6.58. The Balaban J connectivity index is 1.52. The van der Waals surface area contributed by atoms with Crippen molar-refractivity contribution in [1.29, 1.82) is 0 Å². The average molecular weight is 432 g/mol. The lowest BCUT2D eigenvalue weighted by Crippen LogP contribution is -2.20. The second-order valence-corrected chi connectivity index (χ2v) is 6.58. The highest BCUT2D eigenvalue weighted by Gasteiger charge is 2.29. The van der Waals surface area contributed by atoms with E-state index in [1.165, 1.54) is 36.1 Å². The van der Waals surface area contributed by atoms with Crippen molar-refractivity contribution < 1.29 is 27.8 Å². The van der Waals surface area contributed by atoms with E-state index in [0.29, 0.717) is 22.6 Å². The van der Waals surface area contributed by atoms with Crippen LogP contribution < -0.4 is 10.1 Å². The van der Waals surface area contributed by atoms with Crippen LogP contribution in [0.4, 0.5) is 13.2 Å². The van der Waals surface area contributed by atoms with E-state index < -0.39 is 11.7 Å². The van der Waals surface area contributed by atoms with E-state index in [1.54, 1.807) is 24.4 Å². The summed E-state index contributed by atoms with van der Waals surface area (Å²) >= 11 is 0. The fourth-order valence-corrected chi connectivity index (χ4v) is 2.69. The predicted molar refractivity (Wildman–Crippen MR) is 106 cm³/mol. The molecule has 2 N–H and O–H groups in total. The molecule has 162 valence electrons. The molecule has 0 saturated heterocycles. The second kappa shape index (κ2) is 9.33. The van der Waals surface area contributed by atoms with Crippen LogP contribution in [0.15, 0.2) is 54.7 Å². The van der Waals surface area contributed by atoms with Crippen LogP contribution in [0.2, 0.25) is 0 Å². The van der Waals surface area contributed by atoms with Gasteiger partial charge in [0, 0.05) is 6.08 Å². The molecule has 1 heterocycles. The topological polar surface area (TPSA) is 89.3 Å². The zero-order valence-electron chi connectivity index (χ0n) is 16.4. The van der Waals surface area contributed by atoms with Crippen LogP contribution in [0.25, 0.3) is 6.08 Å². The number of hydrogen-bond donors (Lipinski definition) is 2. The third-order valence-corrected chi connectivity index (χ3v) is 4.29. The fraction of sp³-hybridized carbons (Fsp3) is 0.190. The summed E-state index contributed by atoms with van der Waals surface area (Å²) < 4.78 is 44.3. The molecule has 0 bridgehead atoms. The summed E-state index contributed by atoms with van der Waals surface area (Å²) in [6.45, 7) is 0.386. The lowest BCUT2D eigenvalue weighted by atomic mass is 10.1. The average Bonchev–Trinajstić information content (AvgIpc) is 3.18. The largest absolute Gasteiger partial charge is 0.504 e. The summed E-state index contributed by atoms with van der Waals surface area (Å²) in [7, 11) is 1.43. The number of benzene rings is 2. The van der Waals surface area contributed by atoms with Crippen molar-refractivity contribution in [1.82, 2.24) is 20.3 Å². The summed E-state index contributed by atoms with van der Waals surface area (Å²) in [5.74, 6) is -0.0555. The predicted octanol–water partition coefficient (Wildman–Crippen LogP) is 3.39. The molecular weight excluding hydrogens is 413 g/mol. The van der Waals surface area contributed by atoms with Crippen molar-refractivity contribution in [3.8, 4) is 11.5 Å². The highest BCUT2D eigenvalue weighted by Crippen LogP contribution is 2.29. The van der Waals surface area contributed by atoms with Crippen LogP contribution in [0.5, 0.6) is 11.5 Å². The van der Waals surface area contributed by atoms with Crippen molar-refractivity contribution in [2.24, 2.45) is 0 Å². The molecule has 0 spiro atoms. The molecule has 3 rings (SSSR count). The number of amides is 1. The van der Waals surface area contributed by atoms with Gasteiger partial charge in [-0.25, -0.2) is 4.68 Å². The molecule has 0 radical (unpaired) electrons. The molecule has 1 amide bonds. The number of aromatic nitrogens is 3. The number of nitrogens with zero attached hydrogens (tertiary/aromatic N) is 3. The van der Waals surface area contributed by atoms with Gasteiger partial charge in [-0.15, -0.1) is 5.10 Å². The monoisotopic (exact) mass is 432 g/mol. The Morgan fingerprint density at radius 3 is 2.65 bits per heavy atom. The van der Waals surface area contributed by atoms with Crippen molar-refractivity contribution in [2.75, 3.05) is 7.11 Å². The van der Waals surface area contributed by atoms with Gasteiger partial charge < -0.3 is 15.2 Å². The Bertz CT molecular complexity index is 1080. The lowest BCUT2D eigenvalue weighted by Gasteiger charge is -2.07. The van der Waals surface area contributed by atoms with E-state index in [4.69, 9.17) is 4.74 Å². The first-order chi connectivity index (χ1) is 14.7. The molecule has 3 aromatic rings. The number of ether oxygens (including phenoxy) is 1. The standard InChI is InChI=1S/C21H19F3N4O3/c1-31-19-10-14(4-8-18(19)29)5-9-20(30)25-11-17-13-28(27-26-17)12-15-2-6-16(7-3-15)21(22,23)24/h2-10,13,29H,11-12H2,1H3,(H,25,30)/b9-5+. The first-order valence-corrected chi connectivity index (χ1v) is 9.12. The van der Waals surface area contributed by atoms with Crippen LogP contribution in [0.1, 0.15) is 22.4 Å². The summed E-state index contributed by atoms with van der Waals surface area (Å²) in [6, 6.07) is 9.49. The number of phenolic OH excluding ortho intramolecular Hbond substituents is 1. The smallest absolute Gasteiger partial charge is 0.416 e. The van der Waals surface area contributed by atoms with E-state index in [0.717, 1.165) is 12.1 Å². The van der Waals surface area contributed by atoms with Gasteiger partial charge in [0.15, 0.2) is 11.5 Å². The van der Waals surface area contributed by atoms with Crippen LogP contribution >= 0.6 is 0 Å². The van der Waals surface area contributed by atoms with Gasteiger partial charge in [0.05, 0.1) is 32.0 Å². The Kier molecular flexibility index (Phi) is 6.58. The molecule has 2 aromatic carbocycles. The van der Waals surface area contributed by atoms with E-state index in [2.05, 4.69) is 15.6 Å². The number of halogens is 3. The third-order valence-electron chi connectivity index (χ3n) is 4.29. The van der Waals surface area contributed by atoms with Gasteiger partial charge in [-0.2, -0.15) is 13.2 Å². The van der Waals surface area contributed by atoms with Crippen molar-refractivity contribution in [3.05, 3.63) is 77.1 Å². The van der Waals surface area contributed by atoms with Gasteiger partial charge >= 0.3 is 6.18 Å². The Morgan fingerprint density at radius 1 is 1.23 bits per heavy atom. The Morgan fingerprint density at radius 2 is 1.97 bits per heavy atom. The zero-order valence-corrected chi connectivity index (χ0v) is 16.4. The van der Waals surface area contributed by atoms with Crippen molar-refractivity contribution >= 4 is 12.0 Å². The van der Waals surface area contributed by atoms with Crippen LogP contribution in [0, 0.1) is 0 Å². The van der Waals surface area contributed by atoms with Gasteiger partial charge in [-0.1, -0.05) is 23.4 Å². The maximum absolute atomic E-state index is 12.6. The van der Waals surface area contributed by atoms with Crippen molar-refractivity contribution in [2.45, 2.75) is 19.3 Å². The summed E-state index contributed by atoms with van der Waals surface area (Å²) in [5, 5.41) is 20.1. The number of rotatable bonds is 7. The molecule has 0 fully saturated rings. The Hall–Kier alpha value is -3.82. The summed E-state index contributed by atoms with van der Waals surface area (Å²) in [4.78, 5) is 12.0. The minimum Gasteiger partial charge on any atom is -0.504 e. The minimum atomic E-state index is -4.38. The number of carbonyl (C=O) groups is 1. The van der Waals surface area contributed by atoms with E-state index in [9.17, 15) is 23.1 Å². The summed E-state index contributed by atoms with van der Waals surface area (Å²) in [6.07, 6.45) is 0.129. The molecule has 0 aliphatic rings. The highest BCUT2D eigenvalue weighted by molar-refractivity contribution is 5.91. The van der Waals surface area contributed by atoms with Gasteiger partial charge in [0.2, 0.25) is 5.91 Å². The van der Waals surface area contributed by atoms with Crippen LogP contribution in [-0.4, -0.2) is 33.1 Å². The maximum atomic E-state index is 12.6. The molecule has 0 unspecified atom stereocenters. The summed E-state index contributed by atoms with van der Waals surface area (Å²) in [5.41, 5.74) is 1.10. The van der Waals surface area contributed by atoms with Crippen molar-refractivity contribution in [3.63, 3.8) is 0 Å². The van der Waals surface area contributed by atoms with Gasteiger partial charge in [-0.3, -0.25) is 4.79 Å². The molecule has 1 aromatic heterocycles. The third kappa shape index (κ3) is 6.08. The SMILES string of the molecule is COc1cc(/C=C/C(=O)NCc2cn(Cc3ccc(C(F)(F)F)cc3)nn2)ccc1O. The number of nitrogens with one attached hydrogen (secondary N) is 1. The number of phenols is 1. The van der Waals surface area contributed by atoms with E-state index in [1.807, 2.05) is 0 Å². The molecule has 10 heteroatoms. The molecule has 0 atom stereocenters. The first-order valence-electron chi connectivity index (χ1n) is 9.12. The number of carbonyl (C=O) groups excluding carboxylic acids is 1. The lowest BCUT2D eigenvalue weighted by molar-refractivity contribution is -0.137. The molecular formula is C21H19F3N4O3. The van der Waals surface area contributed by atoms with Gasteiger partial charge in [0.25, 0.3) is 0 Å². The van der Waals surface area contributed by atoms with E-state index in [-0.39, 0.29) is 24.7 Å². The molecule has 31 heavy (non-hydrogen) atoms. The van der Waals surface area contributed by atoms with Gasteiger partial charge in [0.1, 0.15) is 5.69 Å². The Labute approximate surface area is 175 Å². The fourth-order valence-electron chi connectivity index (χ4n) is 2.69. The molecule has 0 aliphatic heterocycles. The van der Waals surface area contributed by atoms with E-state index >= 15 is 0 Å². The number of aromatic hydroxyl groups is 1. The number of methoxy groups -OCH3 is 1. The quantitative estimate of drug-likeness (QED) is 0.559. The number of hydrogen-bond acceptors (Lipinski definition) is 5. The molecule has 0 saturated carbocycles. The normalized spacial score (nSPS) is 11.6. The van der Waals surface area contributed by atoms with Crippen LogP contribution in [0.3, 0.4) is 0 Å². The molecule has 0 aliphatic carbocycles. The number of alkyl halides is 3. The minimum absolute atomic E-state index is 0.00323. The van der Waals surface area contributed by atoms with Crippen LogP contribution in [-0.2, 0) is 24.1 Å². The highest BCUT2D eigenvalue weighted by atomic mass is 19.4. The molecule has 7 nitrogen and oxygen atoms in total. The zero-order chi connectivity index (χ0) is 22.4. The maximum Gasteiger partial charge on any atom is 0.416 e.